The van der Waals surface area contributed by atoms with Crippen LogP contribution >= 0.6 is 0 Å². The van der Waals surface area contributed by atoms with Gasteiger partial charge in [-0.1, -0.05) is 6.07 Å². The zero-order chi connectivity index (χ0) is 9.80. The SMILES string of the molecule is Cc1cccc(NCC2CCOC2)n1. The molecule has 14 heavy (non-hydrogen) atoms. The first-order valence-electron chi connectivity index (χ1n) is 5.10. The standard InChI is InChI=1S/C11H16N2O/c1-9-3-2-4-11(13-9)12-7-10-5-6-14-8-10/h2-4,10H,5-8H2,1H3,(H,12,13). The molecule has 1 aromatic rings. The summed E-state index contributed by atoms with van der Waals surface area (Å²) >= 11 is 0. The minimum Gasteiger partial charge on any atom is -0.381 e. The van der Waals surface area contributed by atoms with Gasteiger partial charge in [0.05, 0.1) is 6.61 Å². The molecule has 1 atom stereocenters. The lowest BCUT2D eigenvalue weighted by Gasteiger charge is -2.09. The van der Waals surface area contributed by atoms with Crippen LogP contribution in [0.25, 0.3) is 0 Å². The Morgan fingerprint density at radius 1 is 1.57 bits per heavy atom. The lowest BCUT2D eigenvalue weighted by Crippen LogP contribution is -2.14. The van der Waals surface area contributed by atoms with Crippen molar-refractivity contribution in [3.8, 4) is 0 Å². The van der Waals surface area contributed by atoms with Crippen molar-refractivity contribution in [2.45, 2.75) is 13.3 Å². The fraction of sp³-hybridized carbons (Fsp3) is 0.545. The highest BCUT2D eigenvalue weighted by molar-refractivity contribution is 5.35. The minimum absolute atomic E-state index is 0.650. The summed E-state index contributed by atoms with van der Waals surface area (Å²) in [6.45, 7) is 4.77. The molecule has 1 saturated heterocycles. The number of anilines is 1. The third-order valence-electron chi connectivity index (χ3n) is 2.48. The van der Waals surface area contributed by atoms with Gasteiger partial charge in [-0.3, -0.25) is 0 Å². The van der Waals surface area contributed by atoms with Gasteiger partial charge in [-0.25, -0.2) is 4.98 Å². The number of hydrogen-bond donors (Lipinski definition) is 1. The fourth-order valence-corrected chi connectivity index (χ4v) is 1.63. The number of nitrogens with one attached hydrogen (secondary N) is 1. The number of aryl methyl sites for hydroxylation is 1. The van der Waals surface area contributed by atoms with Crippen LogP contribution in [0.5, 0.6) is 0 Å². The first-order valence-corrected chi connectivity index (χ1v) is 5.10. The van der Waals surface area contributed by atoms with Gasteiger partial charge in [0.1, 0.15) is 5.82 Å². The molecule has 0 aromatic carbocycles. The molecule has 0 spiro atoms. The molecule has 2 heterocycles. The number of aromatic nitrogens is 1. The molecule has 1 aromatic heterocycles. The van der Waals surface area contributed by atoms with Crippen LogP contribution in [-0.4, -0.2) is 24.7 Å². The maximum absolute atomic E-state index is 5.31. The first kappa shape index (κ1) is 9.46. The van der Waals surface area contributed by atoms with Crippen molar-refractivity contribution in [1.29, 1.82) is 0 Å². The van der Waals surface area contributed by atoms with Gasteiger partial charge in [-0.15, -0.1) is 0 Å². The second kappa shape index (κ2) is 4.42. The van der Waals surface area contributed by atoms with Gasteiger partial charge in [0, 0.05) is 24.8 Å². The number of ether oxygens (including phenoxy) is 1. The average molecular weight is 192 g/mol. The van der Waals surface area contributed by atoms with E-state index in [0.29, 0.717) is 5.92 Å². The van der Waals surface area contributed by atoms with E-state index in [9.17, 15) is 0 Å². The Balaban J connectivity index is 1.85. The first-order chi connectivity index (χ1) is 6.84. The lowest BCUT2D eigenvalue weighted by molar-refractivity contribution is 0.187. The third kappa shape index (κ3) is 2.45. The smallest absolute Gasteiger partial charge is 0.126 e. The van der Waals surface area contributed by atoms with Crippen molar-refractivity contribution < 1.29 is 4.74 Å². The van der Waals surface area contributed by atoms with Crippen molar-refractivity contribution in [2.24, 2.45) is 5.92 Å². The predicted octanol–water partition coefficient (Wildman–Crippen LogP) is 1.84. The van der Waals surface area contributed by atoms with Crippen LogP contribution in [0.2, 0.25) is 0 Å². The van der Waals surface area contributed by atoms with E-state index < -0.39 is 0 Å². The Morgan fingerprint density at radius 2 is 2.50 bits per heavy atom. The number of hydrogen-bond acceptors (Lipinski definition) is 3. The molecular weight excluding hydrogens is 176 g/mol. The summed E-state index contributed by atoms with van der Waals surface area (Å²) in [5, 5.41) is 3.34. The number of rotatable bonds is 3. The summed E-state index contributed by atoms with van der Waals surface area (Å²) in [5.74, 6) is 1.62. The normalized spacial score (nSPS) is 21.1. The van der Waals surface area contributed by atoms with Gasteiger partial charge < -0.3 is 10.1 Å². The summed E-state index contributed by atoms with van der Waals surface area (Å²) in [6, 6.07) is 6.03. The molecule has 0 aliphatic carbocycles. The average Bonchev–Trinajstić information content (AvgIpc) is 2.67. The lowest BCUT2D eigenvalue weighted by atomic mass is 10.1. The van der Waals surface area contributed by atoms with E-state index in [1.165, 1.54) is 6.42 Å². The molecule has 0 radical (unpaired) electrons. The van der Waals surface area contributed by atoms with Gasteiger partial charge >= 0.3 is 0 Å². The summed E-state index contributed by atoms with van der Waals surface area (Å²) in [7, 11) is 0. The zero-order valence-corrected chi connectivity index (χ0v) is 8.49. The van der Waals surface area contributed by atoms with E-state index in [1.54, 1.807) is 0 Å². The van der Waals surface area contributed by atoms with Crippen LogP contribution in [0.3, 0.4) is 0 Å². The molecule has 1 fully saturated rings. The summed E-state index contributed by atoms with van der Waals surface area (Å²) < 4.78 is 5.31. The molecule has 2 rings (SSSR count). The molecular formula is C11H16N2O. The monoisotopic (exact) mass is 192 g/mol. The van der Waals surface area contributed by atoms with E-state index in [4.69, 9.17) is 4.74 Å². The highest BCUT2D eigenvalue weighted by Gasteiger charge is 2.14. The summed E-state index contributed by atoms with van der Waals surface area (Å²) in [5.41, 5.74) is 1.05. The largest absolute Gasteiger partial charge is 0.381 e. The maximum Gasteiger partial charge on any atom is 0.126 e. The highest BCUT2D eigenvalue weighted by atomic mass is 16.5. The molecule has 76 valence electrons. The summed E-state index contributed by atoms with van der Waals surface area (Å²) in [6.07, 6.45) is 1.17. The third-order valence-corrected chi connectivity index (χ3v) is 2.48. The maximum atomic E-state index is 5.31. The van der Waals surface area contributed by atoms with Crippen LogP contribution in [0.1, 0.15) is 12.1 Å². The Labute approximate surface area is 84.5 Å². The molecule has 1 aliphatic heterocycles. The van der Waals surface area contributed by atoms with Gasteiger partial charge in [0.15, 0.2) is 0 Å². The molecule has 1 aliphatic rings. The Kier molecular flexibility index (Phi) is 2.99. The quantitative estimate of drug-likeness (QED) is 0.793. The van der Waals surface area contributed by atoms with Crippen LogP contribution in [0.4, 0.5) is 5.82 Å². The molecule has 1 unspecified atom stereocenters. The molecule has 0 bridgehead atoms. The van der Waals surface area contributed by atoms with Gasteiger partial charge in [-0.2, -0.15) is 0 Å². The van der Waals surface area contributed by atoms with Gasteiger partial charge in [0.25, 0.3) is 0 Å². The predicted molar refractivity (Wildman–Crippen MR) is 56.4 cm³/mol. The van der Waals surface area contributed by atoms with Crippen LogP contribution in [0, 0.1) is 12.8 Å². The van der Waals surface area contributed by atoms with Crippen LogP contribution < -0.4 is 5.32 Å². The molecule has 0 amide bonds. The van der Waals surface area contributed by atoms with Crippen molar-refractivity contribution in [3.05, 3.63) is 23.9 Å². The molecule has 0 saturated carbocycles. The molecule has 3 heteroatoms. The molecule has 3 nitrogen and oxygen atoms in total. The zero-order valence-electron chi connectivity index (χ0n) is 8.49. The second-order valence-electron chi connectivity index (χ2n) is 3.77. The fourth-order valence-electron chi connectivity index (χ4n) is 1.63. The topological polar surface area (TPSA) is 34.1 Å². The van der Waals surface area contributed by atoms with E-state index in [0.717, 1.165) is 31.3 Å². The van der Waals surface area contributed by atoms with E-state index in [-0.39, 0.29) is 0 Å². The van der Waals surface area contributed by atoms with Gasteiger partial charge in [-0.05, 0) is 25.5 Å². The summed E-state index contributed by atoms with van der Waals surface area (Å²) in [4.78, 5) is 4.38. The van der Waals surface area contributed by atoms with Crippen LogP contribution in [0.15, 0.2) is 18.2 Å². The molecule has 1 N–H and O–H groups in total. The van der Waals surface area contributed by atoms with Crippen molar-refractivity contribution >= 4 is 5.82 Å². The van der Waals surface area contributed by atoms with E-state index in [2.05, 4.69) is 10.3 Å². The van der Waals surface area contributed by atoms with Gasteiger partial charge in [0.2, 0.25) is 0 Å². The van der Waals surface area contributed by atoms with Crippen molar-refractivity contribution in [2.75, 3.05) is 25.1 Å². The Morgan fingerprint density at radius 3 is 3.21 bits per heavy atom. The number of nitrogens with zero attached hydrogens (tertiary/aromatic N) is 1. The van der Waals surface area contributed by atoms with E-state index >= 15 is 0 Å². The highest BCUT2D eigenvalue weighted by Crippen LogP contribution is 2.13. The van der Waals surface area contributed by atoms with Crippen LogP contribution in [-0.2, 0) is 4.74 Å². The second-order valence-corrected chi connectivity index (χ2v) is 3.77. The minimum atomic E-state index is 0.650. The van der Waals surface area contributed by atoms with Crippen molar-refractivity contribution in [3.63, 3.8) is 0 Å². The number of pyridine rings is 1. The Bertz CT molecular complexity index is 295. The van der Waals surface area contributed by atoms with Crippen molar-refractivity contribution in [1.82, 2.24) is 4.98 Å². The Hall–Kier alpha value is -1.09. The van der Waals surface area contributed by atoms with E-state index in [1.807, 2.05) is 25.1 Å².